The number of nitrogens with zero attached hydrogens (tertiary/aromatic N) is 2. The molecule has 7 nitrogen and oxygen atoms in total. The van der Waals surface area contributed by atoms with Crippen LogP contribution >= 0.6 is 0 Å². The topological polar surface area (TPSA) is 110 Å². The Labute approximate surface area is 72.9 Å². The van der Waals surface area contributed by atoms with Crippen molar-refractivity contribution in [3.63, 3.8) is 0 Å². The highest BCUT2D eigenvalue weighted by atomic mass is 16.5. The van der Waals surface area contributed by atoms with Crippen LogP contribution in [-0.4, -0.2) is 16.6 Å². The second kappa shape index (κ2) is 3.65. The highest BCUT2D eigenvalue weighted by Gasteiger charge is 2.08. The molecule has 70 valence electrons. The van der Waals surface area contributed by atoms with Gasteiger partial charge in [-0.15, -0.1) is 4.91 Å². The van der Waals surface area contributed by atoms with Crippen LogP contribution < -0.4 is 16.0 Å². The van der Waals surface area contributed by atoms with Gasteiger partial charge in [-0.2, -0.15) is 4.98 Å². The van der Waals surface area contributed by atoms with E-state index in [1.807, 2.05) is 0 Å². The van der Waals surface area contributed by atoms with Gasteiger partial charge in [-0.3, -0.25) is 9.78 Å². The zero-order valence-electron chi connectivity index (χ0n) is 6.90. The lowest BCUT2D eigenvalue weighted by Gasteiger charge is -2.01. The summed E-state index contributed by atoms with van der Waals surface area (Å²) in [6.45, 7) is 2.07. The van der Waals surface area contributed by atoms with Gasteiger partial charge in [0.15, 0.2) is 5.82 Å². The summed E-state index contributed by atoms with van der Waals surface area (Å²) in [7, 11) is 0. The van der Waals surface area contributed by atoms with E-state index < -0.39 is 11.2 Å². The Balaban J connectivity index is 3.20. The van der Waals surface area contributed by atoms with Gasteiger partial charge in [0.1, 0.15) is 0 Å². The van der Waals surface area contributed by atoms with Crippen molar-refractivity contribution in [1.82, 2.24) is 9.97 Å². The molecule has 0 unspecified atom stereocenters. The van der Waals surface area contributed by atoms with Crippen molar-refractivity contribution in [3.8, 4) is 6.01 Å². The van der Waals surface area contributed by atoms with Crippen LogP contribution in [0.15, 0.2) is 9.97 Å². The summed E-state index contributed by atoms with van der Waals surface area (Å²) in [6, 6.07) is -0.0163. The number of hydrogen-bond acceptors (Lipinski definition) is 6. The normalized spacial score (nSPS) is 9.62. The van der Waals surface area contributed by atoms with Gasteiger partial charge in [-0.05, 0) is 12.1 Å². The molecular formula is C6H8N4O3. The number of aromatic nitrogens is 2. The van der Waals surface area contributed by atoms with E-state index in [1.165, 1.54) is 0 Å². The average Bonchev–Trinajstić information content (AvgIpc) is 2.04. The van der Waals surface area contributed by atoms with Crippen LogP contribution in [0.4, 0.5) is 11.5 Å². The zero-order valence-corrected chi connectivity index (χ0v) is 6.90. The molecule has 13 heavy (non-hydrogen) atoms. The second-order valence-electron chi connectivity index (χ2n) is 2.13. The van der Waals surface area contributed by atoms with E-state index in [0.717, 1.165) is 0 Å². The molecule has 0 saturated carbocycles. The highest BCUT2D eigenvalue weighted by Crippen LogP contribution is 2.14. The Bertz CT molecular complexity index is 373. The van der Waals surface area contributed by atoms with Crippen molar-refractivity contribution in [3.05, 3.63) is 15.3 Å². The van der Waals surface area contributed by atoms with Crippen LogP contribution in [0.25, 0.3) is 0 Å². The van der Waals surface area contributed by atoms with Crippen LogP contribution in [0.1, 0.15) is 6.92 Å². The minimum absolute atomic E-state index is 0.0163. The quantitative estimate of drug-likeness (QED) is 0.649. The van der Waals surface area contributed by atoms with Gasteiger partial charge >= 0.3 is 0 Å². The Hall–Kier alpha value is -1.92. The van der Waals surface area contributed by atoms with E-state index in [9.17, 15) is 9.70 Å². The fourth-order valence-corrected chi connectivity index (χ4v) is 0.756. The molecule has 0 bridgehead atoms. The number of ether oxygens (including phenoxy) is 1. The Morgan fingerprint density at radius 2 is 2.38 bits per heavy atom. The van der Waals surface area contributed by atoms with Gasteiger partial charge in [0.2, 0.25) is 5.69 Å². The minimum atomic E-state index is -0.703. The van der Waals surface area contributed by atoms with Crippen molar-refractivity contribution in [2.24, 2.45) is 5.18 Å². The van der Waals surface area contributed by atoms with E-state index in [1.54, 1.807) is 6.92 Å². The fourth-order valence-electron chi connectivity index (χ4n) is 0.756. The first-order valence-electron chi connectivity index (χ1n) is 3.55. The van der Waals surface area contributed by atoms with Gasteiger partial charge in [0.05, 0.1) is 6.61 Å². The summed E-state index contributed by atoms with van der Waals surface area (Å²) >= 11 is 0. The number of anilines is 1. The van der Waals surface area contributed by atoms with Gasteiger partial charge in [-0.1, -0.05) is 0 Å². The summed E-state index contributed by atoms with van der Waals surface area (Å²) in [5.41, 5.74) is 4.13. The molecule has 0 amide bonds. The van der Waals surface area contributed by atoms with Gasteiger partial charge in [0.25, 0.3) is 11.6 Å². The van der Waals surface area contributed by atoms with Gasteiger partial charge in [-0.25, -0.2) is 0 Å². The molecule has 1 aromatic rings. The summed E-state index contributed by atoms with van der Waals surface area (Å²) in [4.78, 5) is 26.9. The van der Waals surface area contributed by atoms with E-state index in [4.69, 9.17) is 10.5 Å². The molecule has 0 aliphatic carbocycles. The fraction of sp³-hybridized carbons (Fsp3) is 0.333. The van der Waals surface area contributed by atoms with Gasteiger partial charge < -0.3 is 10.5 Å². The molecule has 1 rings (SSSR count). The standard InChI is InChI=1S/C6H8N4O3/c1-2-13-6-8-4(7)3(10-12)5(11)9-6/h2H2,1H3,(H3,7,8,9,11). The summed E-state index contributed by atoms with van der Waals surface area (Å²) in [5.74, 6) is -0.234. The van der Waals surface area contributed by atoms with Crippen LogP contribution in [0.5, 0.6) is 6.01 Å². The van der Waals surface area contributed by atoms with Crippen molar-refractivity contribution in [2.75, 3.05) is 12.3 Å². The number of H-pyrrole nitrogens is 1. The number of nitrogens with two attached hydrogens (primary N) is 1. The van der Waals surface area contributed by atoms with Crippen LogP contribution in [0.3, 0.4) is 0 Å². The third-order valence-corrected chi connectivity index (χ3v) is 1.27. The van der Waals surface area contributed by atoms with Crippen molar-refractivity contribution < 1.29 is 4.74 Å². The third kappa shape index (κ3) is 1.81. The first kappa shape index (κ1) is 9.17. The molecular weight excluding hydrogens is 176 g/mol. The number of rotatable bonds is 3. The molecule has 0 aliphatic heterocycles. The molecule has 3 N–H and O–H groups in total. The highest BCUT2D eigenvalue weighted by molar-refractivity contribution is 5.55. The van der Waals surface area contributed by atoms with E-state index in [-0.39, 0.29) is 11.8 Å². The van der Waals surface area contributed by atoms with Gasteiger partial charge in [0, 0.05) is 0 Å². The monoisotopic (exact) mass is 184 g/mol. The first-order chi connectivity index (χ1) is 6.19. The lowest BCUT2D eigenvalue weighted by molar-refractivity contribution is 0.312. The maximum Gasteiger partial charge on any atom is 0.298 e. The molecule has 0 aliphatic rings. The van der Waals surface area contributed by atoms with Crippen LogP contribution in [0, 0.1) is 4.91 Å². The second-order valence-corrected chi connectivity index (χ2v) is 2.13. The Morgan fingerprint density at radius 1 is 1.69 bits per heavy atom. The molecule has 0 saturated heterocycles. The number of nitrogen functional groups attached to an aromatic ring is 1. The summed E-state index contributed by atoms with van der Waals surface area (Å²) in [5, 5.41) is 2.43. The Kier molecular flexibility index (Phi) is 2.58. The largest absolute Gasteiger partial charge is 0.465 e. The number of nitroso groups, excluding NO2 is 1. The molecule has 1 aromatic heterocycles. The van der Waals surface area contributed by atoms with E-state index in [0.29, 0.717) is 6.61 Å². The summed E-state index contributed by atoms with van der Waals surface area (Å²) in [6.07, 6.45) is 0. The molecule has 0 fully saturated rings. The number of hydrogen-bond donors (Lipinski definition) is 2. The zero-order chi connectivity index (χ0) is 9.84. The maximum atomic E-state index is 11.0. The number of aromatic amines is 1. The van der Waals surface area contributed by atoms with E-state index in [2.05, 4.69) is 15.1 Å². The van der Waals surface area contributed by atoms with Crippen molar-refractivity contribution >= 4 is 11.5 Å². The predicted octanol–water partition coefficient (Wildman–Crippen LogP) is 0.149. The lowest BCUT2D eigenvalue weighted by Crippen LogP contribution is -2.12. The smallest absolute Gasteiger partial charge is 0.298 e. The molecule has 0 spiro atoms. The lowest BCUT2D eigenvalue weighted by atomic mass is 10.5. The first-order valence-corrected chi connectivity index (χ1v) is 3.55. The SMILES string of the molecule is CCOc1nc(N)c(N=O)c(=O)[nH]1. The summed E-state index contributed by atoms with van der Waals surface area (Å²) < 4.78 is 4.88. The van der Waals surface area contributed by atoms with Crippen LogP contribution in [0.2, 0.25) is 0 Å². The van der Waals surface area contributed by atoms with Crippen molar-refractivity contribution in [2.45, 2.75) is 6.92 Å². The number of nitrogens with one attached hydrogen (secondary N) is 1. The molecule has 0 radical (unpaired) electrons. The predicted molar refractivity (Wildman–Crippen MR) is 45.9 cm³/mol. The Morgan fingerprint density at radius 3 is 2.85 bits per heavy atom. The maximum absolute atomic E-state index is 11.0. The molecule has 0 aromatic carbocycles. The average molecular weight is 184 g/mol. The minimum Gasteiger partial charge on any atom is -0.465 e. The molecule has 1 heterocycles. The van der Waals surface area contributed by atoms with Crippen LogP contribution in [-0.2, 0) is 0 Å². The van der Waals surface area contributed by atoms with E-state index >= 15 is 0 Å². The molecule has 0 atom stereocenters. The molecule has 7 heteroatoms. The third-order valence-electron chi connectivity index (χ3n) is 1.27. The van der Waals surface area contributed by atoms with Crippen molar-refractivity contribution in [1.29, 1.82) is 0 Å².